The minimum atomic E-state index is -0.802. The van der Waals surface area contributed by atoms with Crippen LogP contribution in [0, 0.1) is 24.0 Å². The maximum atomic E-state index is 13.3. The smallest absolute Gasteiger partial charge is 0.238 e. The zero-order chi connectivity index (χ0) is 14.3. The topological polar surface area (TPSA) is 41.1 Å². The lowest BCUT2D eigenvalue weighted by molar-refractivity contribution is -0.115. The van der Waals surface area contributed by atoms with Crippen molar-refractivity contribution in [3.8, 4) is 12.3 Å². The first kappa shape index (κ1) is 15.1. The van der Waals surface area contributed by atoms with Crippen molar-refractivity contribution in [3.05, 3.63) is 29.8 Å². The van der Waals surface area contributed by atoms with Crippen molar-refractivity contribution in [2.45, 2.75) is 25.8 Å². The van der Waals surface area contributed by atoms with Crippen LogP contribution in [0.4, 0.5) is 14.5 Å². The largest absolute Gasteiger partial charge is 0.320 e. The Morgan fingerprint density at radius 1 is 1.42 bits per heavy atom. The third kappa shape index (κ3) is 4.68. The molecular formula is C14H16F2N2O. The van der Waals surface area contributed by atoms with E-state index in [1.807, 2.05) is 6.92 Å². The molecule has 3 nitrogen and oxygen atoms in total. The Kier molecular flexibility index (Phi) is 5.97. The summed E-state index contributed by atoms with van der Waals surface area (Å²) in [7, 11) is 0. The number of rotatable bonds is 6. The molecule has 0 radical (unpaired) electrons. The molecule has 0 aliphatic heterocycles. The Balaban J connectivity index is 2.54. The van der Waals surface area contributed by atoms with Crippen molar-refractivity contribution in [1.82, 2.24) is 5.32 Å². The third-order valence-corrected chi connectivity index (χ3v) is 2.64. The number of benzene rings is 1. The van der Waals surface area contributed by atoms with E-state index in [-0.39, 0.29) is 12.6 Å². The molecule has 0 bridgehead atoms. The van der Waals surface area contributed by atoms with Crippen LogP contribution in [0.15, 0.2) is 18.2 Å². The van der Waals surface area contributed by atoms with Gasteiger partial charge < -0.3 is 10.6 Å². The summed E-state index contributed by atoms with van der Waals surface area (Å²) >= 11 is 0. The lowest BCUT2D eigenvalue weighted by Gasteiger charge is -2.14. The van der Waals surface area contributed by atoms with Gasteiger partial charge in [0.15, 0.2) is 0 Å². The van der Waals surface area contributed by atoms with Crippen molar-refractivity contribution in [2.24, 2.45) is 0 Å². The van der Waals surface area contributed by atoms with E-state index in [9.17, 15) is 13.6 Å². The Hall–Kier alpha value is -1.93. The predicted molar refractivity (Wildman–Crippen MR) is 70.5 cm³/mol. The van der Waals surface area contributed by atoms with Crippen molar-refractivity contribution in [2.75, 3.05) is 11.9 Å². The van der Waals surface area contributed by atoms with Gasteiger partial charge in [0.1, 0.15) is 17.3 Å². The van der Waals surface area contributed by atoms with Gasteiger partial charge >= 0.3 is 0 Å². The average molecular weight is 266 g/mol. The van der Waals surface area contributed by atoms with E-state index in [0.717, 1.165) is 18.6 Å². The summed E-state index contributed by atoms with van der Waals surface area (Å²) in [5.41, 5.74) is -0.431. The maximum Gasteiger partial charge on any atom is 0.238 e. The van der Waals surface area contributed by atoms with Gasteiger partial charge in [-0.1, -0.05) is 13.0 Å². The highest BCUT2D eigenvalue weighted by Gasteiger charge is 2.12. The molecule has 1 unspecified atom stereocenters. The molecule has 1 amide bonds. The molecule has 2 N–H and O–H groups in total. The van der Waals surface area contributed by atoms with Crippen LogP contribution >= 0.6 is 0 Å². The van der Waals surface area contributed by atoms with Gasteiger partial charge in [0.2, 0.25) is 5.91 Å². The van der Waals surface area contributed by atoms with Crippen LogP contribution in [-0.4, -0.2) is 18.5 Å². The molecule has 0 heterocycles. The molecule has 0 saturated carbocycles. The van der Waals surface area contributed by atoms with Crippen LogP contribution in [0.25, 0.3) is 0 Å². The van der Waals surface area contributed by atoms with Crippen molar-refractivity contribution in [1.29, 1.82) is 0 Å². The average Bonchev–Trinajstić information content (AvgIpc) is 2.39. The first-order valence-corrected chi connectivity index (χ1v) is 5.99. The summed E-state index contributed by atoms with van der Waals surface area (Å²) in [5, 5.41) is 5.13. The van der Waals surface area contributed by atoms with E-state index in [0.29, 0.717) is 6.42 Å². The molecule has 1 atom stereocenters. The number of halogens is 2. The van der Waals surface area contributed by atoms with Crippen LogP contribution in [0.5, 0.6) is 0 Å². The molecule has 1 aromatic carbocycles. The fourth-order valence-corrected chi connectivity index (χ4v) is 1.54. The highest BCUT2D eigenvalue weighted by Crippen LogP contribution is 2.17. The second-order valence-electron chi connectivity index (χ2n) is 4.04. The Bertz CT molecular complexity index is 463. The number of hydrogen-bond acceptors (Lipinski definition) is 2. The Labute approximate surface area is 111 Å². The van der Waals surface area contributed by atoms with E-state index < -0.39 is 23.2 Å². The number of nitrogens with one attached hydrogen (secondary N) is 2. The quantitative estimate of drug-likeness (QED) is 0.776. The van der Waals surface area contributed by atoms with Gasteiger partial charge in [0.05, 0.1) is 6.54 Å². The monoisotopic (exact) mass is 266 g/mol. The van der Waals surface area contributed by atoms with Crippen LogP contribution < -0.4 is 10.6 Å². The standard InChI is InChI=1S/C14H16F2N2O/c1-3-6-10(4-2)17-9-13(19)18-14-11(15)7-5-8-12(14)16/h1,5,7-8,10,17H,4,6,9H2,2H3,(H,18,19). The highest BCUT2D eigenvalue weighted by molar-refractivity contribution is 5.92. The number of anilines is 1. The molecule has 1 rings (SSSR count). The third-order valence-electron chi connectivity index (χ3n) is 2.64. The van der Waals surface area contributed by atoms with Gasteiger partial charge in [-0.05, 0) is 18.6 Å². The van der Waals surface area contributed by atoms with Gasteiger partial charge in [-0.2, -0.15) is 0 Å². The SMILES string of the molecule is C#CCC(CC)NCC(=O)Nc1c(F)cccc1F. The molecular weight excluding hydrogens is 250 g/mol. The van der Waals surface area contributed by atoms with E-state index >= 15 is 0 Å². The number of para-hydroxylation sites is 1. The maximum absolute atomic E-state index is 13.3. The molecule has 0 spiro atoms. The van der Waals surface area contributed by atoms with E-state index in [4.69, 9.17) is 6.42 Å². The van der Waals surface area contributed by atoms with Gasteiger partial charge in [0.25, 0.3) is 0 Å². The Morgan fingerprint density at radius 2 is 2.05 bits per heavy atom. The van der Waals surface area contributed by atoms with Crippen molar-refractivity contribution < 1.29 is 13.6 Å². The molecule has 0 aliphatic rings. The first-order valence-electron chi connectivity index (χ1n) is 5.99. The normalized spacial score (nSPS) is 11.7. The fourth-order valence-electron chi connectivity index (χ4n) is 1.54. The number of terminal acetylenes is 1. The zero-order valence-corrected chi connectivity index (χ0v) is 10.7. The minimum absolute atomic E-state index is 0.0150. The van der Waals surface area contributed by atoms with E-state index in [2.05, 4.69) is 16.6 Å². The number of amides is 1. The second kappa shape index (κ2) is 7.49. The fraction of sp³-hybridized carbons (Fsp3) is 0.357. The van der Waals surface area contributed by atoms with Gasteiger partial charge in [0, 0.05) is 12.5 Å². The van der Waals surface area contributed by atoms with Gasteiger partial charge in [-0.25, -0.2) is 8.78 Å². The van der Waals surface area contributed by atoms with Crippen LogP contribution in [0.3, 0.4) is 0 Å². The number of carbonyl (C=O) groups is 1. The van der Waals surface area contributed by atoms with Crippen LogP contribution in [-0.2, 0) is 4.79 Å². The molecule has 0 fully saturated rings. The molecule has 19 heavy (non-hydrogen) atoms. The van der Waals surface area contributed by atoms with Crippen molar-refractivity contribution >= 4 is 11.6 Å². The van der Waals surface area contributed by atoms with Gasteiger partial charge in [-0.3, -0.25) is 4.79 Å². The number of hydrogen-bond donors (Lipinski definition) is 2. The van der Waals surface area contributed by atoms with Gasteiger partial charge in [-0.15, -0.1) is 12.3 Å². The summed E-state index contributed by atoms with van der Waals surface area (Å²) in [5.74, 6) is 0.378. The summed E-state index contributed by atoms with van der Waals surface area (Å²) in [4.78, 5) is 11.6. The van der Waals surface area contributed by atoms with Crippen LogP contribution in [0.1, 0.15) is 19.8 Å². The molecule has 5 heteroatoms. The zero-order valence-electron chi connectivity index (χ0n) is 10.7. The summed E-state index contributed by atoms with van der Waals surface area (Å²) < 4.78 is 26.6. The van der Waals surface area contributed by atoms with E-state index in [1.165, 1.54) is 6.07 Å². The summed E-state index contributed by atoms with van der Waals surface area (Å²) in [6.07, 6.45) is 6.45. The lowest BCUT2D eigenvalue weighted by atomic mass is 10.1. The molecule has 0 aromatic heterocycles. The Morgan fingerprint density at radius 3 is 2.58 bits per heavy atom. The number of carbonyl (C=O) groups excluding carboxylic acids is 1. The van der Waals surface area contributed by atoms with Crippen LogP contribution in [0.2, 0.25) is 0 Å². The molecule has 0 saturated heterocycles. The lowest BCUT2D eigenvalue weighted by Crippen LogP contribution is -2.35. The predicted octanol–water partition coefficient (Wildman–Crippen LogP) is 2.29. The molecule has 0 aliphatic carbocycles. The summed E-state index contributed by atoms with van der Waals surface area (Å²) in [6.45, 7) is 1.89. The first-order chi connectivity index (χ1) is 9.08. The molecule has 1 aromatic rings. The molecule has 102 valence electrons. The highest BCUT2D eigenvalue weighted by atomic mass is 19.1. The van der Waals surface area contributed by atoms with Crippen molar-refractivity contribution in [3.63, 3.8) is 0 Å². The summed E-state index contributed by atoms with van der Waals surface area (Å²) in [6, 6.07) is 3.42. The minimum Gasteiger partial charge on any atom is -0.320 e. The second-order valence-corrected chi connectivity index (χ2v) is 4.04. The van der Waals surface area contributed by atoms with E-state index in [1.54, 1.807) is 0 Å².